The molecule has 2 aromatic rings. The minimum Gasteiger partial charge on any atom is -0.334 e. The second kappa shape index (κ2) is 7.90. The molecule has 2 amide bonds. The second-order valence-electron chi connectivity index (χ2n) is 9.45. The van der Waals surface area contributed by atoms with Crippen molar-refractivity contribution in [1.29, 1.82) is 0 Å². The normalized spacial score (nSPS) is 18.8. The van der Waals surface area contributed by atoms with E-state index in [0.29, 0.717) is 36.5 Å². The number of hydrogen-bond donors (Lipinski definition) is 1. The zero-order valence-electron chi connectivity index (χ0n) is 18.6. The maximum Gasteiger partial charge on any atom is 0.256 e. The second-order valence-corrected chi connectivity index (χ2v) is 9.45. The molecule has 0 saturated carbocycles. The Bertz CT molecular complexity index is 1090. The first-order valence-corrected chi connectivity index (χ1v) is 10.8. The molecule has 1 saturated heterocycles. The van der Waals surface area contributed by atoms with Crippen LogP contribution in [0.5, 0.6) is 0 Å². The molecular weight excluding hydrogens is 394 g/mol. The van der Waals surface area contributed by atoms with Gasteiger partial charge < -0.3 is 14.8 Å². The third kappa shape index (κ3) is 3.98. The van der Waals surface area contributed by atoms with E-state index in [2.05, 4.69) is 9.97 Å². The lowest BCUT2D eigenvalue weighted by Gasteiger charge is -2.32. The van der Waals surface area contributed by atoms with Crippen molar-refractivity contribution in [3.8, 4) is 0 Å². The molecule has 0 radical (unpaired) electrons. The molecule has 31 heavy (non-hydrogen) atoms. The van der Waals surface area contributed by atoms with E-state index in [1.54, 1.807) is 23.4 Å². The van der Waals surface area contributed by atoms with Gasteiger partial charge in [0.05, 0.1) is 23.8 Å². The van der Waals surface area contributed by atoms with Gasteiger partial charge in [-0.2, -0.15) is 0 Å². The number of pyridine rings is 1. The Morgan fingerprint density at radius 1 is 1.23 bits per heavy atom. The fraction of sp³-hybridized carbons (Fsp3) is 0.522. The molecule has 1 N–H and O–H groups in total. The van der Waals surface area contributed by atoms with Crippen LogP contribution in [0.3, 0.4) is 0 Å². The highest BCUT2D eigenvalue weighted by Gasteiger charge is 2.37. The summed E-state index contributed by atoms with van der Waals surface area (Å²) in [6.45, 7) is 8.98. The number of nitrogens with one attached hydrogen (secondary N) is 1. The molecule has 164 valence electrons. The van der Waals surface area contributed by atoms with Gasteiger partial charge in [-0.15, -0.1) is 0 Å². The number of carbonyl (C=O) groups is 2. The van der Waals surface area contributed by atoms with Crippen molar-refractivity contribution in [2.75, 3.05) is 13.1 Å². The van der Waals surface area contributed by atoms with Crippen molar-refractivity contribution < 1.29 is 9.59 Å². The molecule has 0 aliphatic carbocycles. The van der Waals surface area contributed by atoms with Crippen LogP contribution in [0.25, 0.3) is 0 Å². The number of aryl methyl sites for hydroxylation is 1. The summed E-state index contributed by atoms with van der Waals surface area (Å²) in [4.78, 5) is 54.0. The highest BCUT2D eigenvalue weighted by molar-refractivity contribution is 5.95. The number of aromatic nitrogens is 3. The number of carbonyl (C=O) groups excluding carboxylic acids is 2. The van der Waals surface area contributed by atoms with Crippen LogP contribution in [0.1, 0.15) is 72.7 Å². The number of likely N-dealkylation sites (tertiary alicyclic amines) is 1. The maximum atomic E-state index is 13.0. The number of fused-ring (bicyclic) bond motifs is 1. The van der Waals surface area contributed by atoms with Crippen molar-refractivity contribution >= 4 is 11.8 Å². The highest BCUT2D eigenvalue weighted by atomic mass is 16.2. The Labute approximate surface area is 181 Å². The average Bonchev–Trinajstić information content (AvgIpc) is 3.22. The number of aromatic amines is 1. The van der Waals surface area contributed by atoms with E-state index in [1.807, 2.05) is 32.6 Å². The molecule has 8 heteroatoms. The van der Waals surface area contributed by atoms with Gasteiger partial charge in [0, 0.05) is 42.9 Å². The van der Waals surface area contributed by atoms with Gasteiger partial charge in [-0.25, -0.2) is 4.98 Å². The van der Waals surface area contributed by atoms with Crippen LogP contribution in [-0.4, -0.2) is 49.7 Å². The Morgan fingerprint density at radius 3 is 2.71 bits per heavy atom. The minimum absolute atomic E-state index is 0.0693. The van der Waals surface area contributed by atoms with Crippen LogP contribution in [0.2, 0.25) is 0 Å². The van der Waals surface area contributed by atoms with Gasteiger partial charge in [-0.05, 0) is 31.4 Å². The van der Waals surface area contributed by atoms with Gasteiger partial charge in [-0.3, -0.25) is 19.4 Å². The first-order valence-electron chi connectivity index (χ1n) is 10.8. The summed E-state index contributed by atoms with van der Waals surface area (Å²) < 4.78 is 0. The largest absolute Gasteiger partial charge is 0.334 e. The molecule has 1 fully saturated rings. The number of amides is 2. The predicted molar refractivity (Wildman–Crippen MR) is 115 cm³/mol. The van der Waals surface area contributed by atoms with Crippen molar-refractivity contribution in [3.05, 3.63) is 57.0 Å². The van der Waals surface area contributed by atoms with Gasteiger partial charge in [0.15, 0.2) is 0 Å². The van der Waals surface area contributed by atoms with Crippen molar-refractivity contribution in [1.82, 2.24) is 24.8 Å². The molecule has 2 aromatic heterocycles. The molecule has 2 aliphatic rings. The molecule has 4 rings (SSSR count). The average molecular weight is 424 g/mol. The first kappa shape index (κ1) is 21.2. The minimum atomic E-state index is -0.483. The van der Waals surface area contributed by atoms with E-state index in [0.717, 1.165) is 24.1 Å². The first-order chi connectivity index (χ1) is 14.7. The lowest BCUT2D eigenvalue weighted by molar-refractivity contribution is -0.140. The molecule has 0 bridgehead atoms. The van der Waals surface area contributed by atoms with E-state index < -0.39 is 5.41 Å². The van der Waals surface area contributed by atoms with Crippen LogP contribution < -0.4 is 5.56 Å². The van der Waals surface area contributed by atoms with E-state index in [-0.39, 0.29) is 30.0 Å². The van der Waals surface area contributed by atoms with E-state index >= 15 is 0 Å². The zero-order chi connectivity index (χ0) is 22.3. The number of hydrogen-bond acceptors (Lipinski definition) is 5. The summed E-state index contributed by atoms with van der Waals surface area (Å²) in [5, 5.41) is 0. The summed E-state index contributed by atoms with van der Waals surface area (Å²) >= 11 is 0. The van der Waals surface area contributed by atoms with Crippen molar-refractivity contribution in [2.45, 2.75) is 59.5 Å². The van der Waals surface area contributed by atoms with Crippen LogP contribution in [0.4, 0.5) is 0 Å². The van der Waals surface area contributed by atoms with Crippen LogP contribution in [-0.2, 0) is 17.8 Å². The van der Waals surface area contributed by atoms with Gasteiger partial charge in [0.2, 0.25) is 5.91 Å². The standard InChI is InChI=1S/C23H29N5O3/c1-14-12-24-9-7-15(14)21(30)27-11-8-17-16(13-27)20(29)26-19(25-17)18-6-5-10-28(18)22(31)23(2,3)4/h7,9,12,18H,5-6,8,10-11,13H2,1-4H3,(H,25,26,29)/t18-/m1/s1. The lowest BCUT2D eigenvalue weighted by Crippen LogP contribution is -2.42. The summed E-state index contributed by atoms with van der Waals surface area (Å²) in [5.41, 5.74) is 1.96. The highest BCUT2D eigenvalue weighted by Crippen LogP contribution is 2.34. The number of nitrogens with zero attached hydrogens (tertiary/aromatic N) is 4. The summed E-state index contributed by atoms with van der Waals surface area (Å²) in [5.74, 6) is 0.523. The van der Waals surface area contributed by atoms with Crippen molar-refractivity contribution in [3.63, 3.8) is 0 Å². The predicted octanol–water partition coefficient (Wildman–Crippen LogP) is 2.38. The fourth-order valence-electron chi connectivity index (χ4n) is 4.38. The van der Waals surface area contributed by atoms with Gasteiger partial charge >= 0.3 is 0 Å². The Hall–Kier alpha value is -3.03. The van der Waals surface area contributed by atoms with Crippen LogP contribution in [0, 0.1) is 12.3 Å². The third-order valence-corrected chi connectivity index (χ3v) is 6.10. The summed E-state index contributed by atoms with van der Waals surface area (Å²) in [7, 11) is 0. The molecule has 0 aromatic carbocycles. The van der Waals surface area contributed by atoms with Gasteiger partial charge in [-0.1, -0.05) is 20.8 Å². The third-order valence-electron chi connectivity index (χ3n) is 6.10. The maximum absolute atomic E-state index is 13.0. The number of H-pyrrole nitrogens is 1. The Balaban J connectivity index is 1.59. The quantitative estimate of drug-likeness (QED) is 0.800. The van der Waals surface area contributed by atoms with E-state index in [1.165, 1.54) is 0 Å². The lowest BCUT2D eigenvalue weighted by atomic mass is 9.94. The Morgan fingerprint density at radius 2 is 2.00 bits per heavy atom. The van der Waals surface area contributed by atoms with Gasteiger partial charge in [0.1, 0.15) is 5.82 Å². The monoisotopic (exact) mass is 423 g/mol. The molecule has 4 heterocycles. The summed E-state index contributed by atoms with van der Waals surface area (Å²) in [6, 6.07) is 1.50. The van der Waals surface area contributed by atoms with Gasteiger partial charge in [0.25, 0.3) is 11.5 Å². The van der Waals surface area contributed by atoms with E-state index in [9.17, 15) is 14.4 Å². The topological polar surface area (TPSA) is 99.3 Å². The molecule has 0 spiro atoms. The summed E-state index contributed by atoms with van der Waals surface area (Å²) in [6.07, 6.45) is 5.46. The fourth-order valence-corrected chi connectivity index (χ4v) is 4.38. The SMILES string of the molecule is Cc1cnccc1C(=O)N1CCc2nc([C@H]3CCCN3C(=O)C(C)(C)C)[nH]c(=O)c2C1. The molecule has 0 unspecified atom stereocenters. The Kier molecular flexibility index (Phi) is 5.41. The smallest absolute Gasteiger partial charge is 0.256 e. The molecule has 8 nitrogen and oxygen atoms in total. The van der Waals surface area contributed by atoms with Crippen molar-refractivity contribution in [2.24, 2.45) is 5.41 Å². The molecule has 2 aliphatic heterocycles. The van der Waals surface area contributed by atoms with Crippen LogP contribution >= 0.6 is 0 Å². The van der Waals surface area contributed by atoms with Crippen LogP contribution in [0.15, 0.2) is 23.3 Å². The number of rotatable bonds is 2. The van der Waals surface area contributed by atoms with E-state index in [4.69, 9.17) is 4.98 Å². The zero-order valence-corrected chi connectivity index (χ0v) is 18.6. The molecule has 1 atom stereocenters. The molecular formula is C23H29N5O3.